The van der Waals surface area contributed by atoms with E-state index < -0.39 is 0 Å². The molecule has 1 heterocycles. The molecular weight excluding hydrogens is 246 g/mol. The van der Waals surface area contributed by atoms with E-state index in [1.165, 1.54) is 6.33 Å². The minimum atomic E-state index is 0.555. The van der Waals surface area contributed by atoms with Gasteiger partial charge in [-0.05, 0) is 17.9 Å². The molecule has 0 unspecified atom stereocenters. The van der Waals surface area contributed by atoms with Gasteiger partial charge in [0.25, 0.3) is 0 Å². The van der Waals surface area contributed by atoms with Crippen LogP contribution in [0.15, 0.2) is 41.7 Å². The molecule has 18 heavy (non-hydrogen) atoms. The zero-order valence-corrected chi connectivity index (χ0v) is 11.0. The summed E-state index contributed by atoms with van der Waals surface area (Å²) in [5.74, 6) is 0.601. The molecule has 0 radical (unpaired) electrons. The van der Waals surface area contributed by atoms with Crippen molar-refractivity contribution >= 4 is 17.4 Å². The van der Waals surface area contributed by atoms with Gasteiger partial charge in [-0.3, -0.25) is 0 Å². The van der Waals surface area contributed by atoms with Crippen molar-refractivity contribution < 1.29 is 4.74 Å². The lowest BCUT2D eigenvalue weighted by molar-refractivity contribution is 0.308. The highest BCUT2D eigenvalue weighted by atomic mass is 32.2. The van der Waals surface area contributed by atoms with E-state index in [1.54, 1.807) is 11.8 Å². The number of nitrogen functional groups attached to an aromatic ring is 1. The predicted octanol–water partition coefficient (Wildman–Crippen LogP) is 2.40. The van der Waals surface area contributed by atoms with Gasteiger partial charge in [0.05, 0.1) is 6.61 Å². The number of nitrogens with two attached hydrogens (primary N) is 1. The quantitative estimate of drug-likeness (QED) is 0.509. The molecule has 5 heteroatoms. The topological polar surface area (TPSA) is 61.0 Å². The molecule has 0 saturated carbocycles. The number of thioether (sulfide) groups is 1. The molecule has 1 aromatic carbocycles. The standard InChI is InChI=1S/C13H15N3OS/c1-18-13-8-12(15-9-16-13)17-7-6-10-4-2-3-5-11(10)14/h2-5,8-9H,6-7,14H2,1H3. The highest BCUT2D eigenvalue weighted by Crippen LogP contribution is 2.16. The molecule has 0 aliphatic carbocycles. The van der Waals surface area contributed by atoms with E-state index in [1.807, 2.05) is 36.6 Å². The molecule has 0 amide bonds. The van der Waals surface area contributed by atoms with Crippen LogP contribution >= 0.6 is 11.8 Å². The van der Waals surface area contributed by atoms with Crippen LogP contribution in [0.1, 0.15) is 5.56 Å². The Morgan fingerprint density at radius 1 is 1.28 bits per heavy atom. The monoisotopic (exact) mass is 261 g/mol. The first-order chi connectivity index (χ1) is 8.79. The summed E-state index contributed by atoms with van der Waals surface area (Å²) < 4.78 is 5.59. The molecule has 2 rings (SSSR count). The molecule has 0 aliphatic heterocycles. The Labute approximate surface area is 111 Å². The van der Waals surface area contributed by atoms with Crippen molar-refractivity contribution in [1.29, 1.82) is 0 Å². The third-order valence-corrected chi connectivity index (χ3v) is 3.14. The maximum Gasteiger partial charge on any atom is 0.217 e. The summed E-state index contributed by atoms with van der Waals surface area (Å²) in [6.07, 6.45) is 4.25. The average molecular weight is 261 g/mol. The fourth-order valence-electron chi connectivity index (χ4n) is 1.54. The third-order valence-electron chi connectivity index (χ3n) is 2.50. The molecule has 94 valence electrons. The number of aromatic nitrogens is 2. The molecule has 0 aliphatic rings. The van der Waals surface area contributed by atoms with Crippen molar-refractivity contribution in [3.63, 3.8) is 0 Å². The summed E-state index contributed by atoms with van der Waals surface area (Å²) in [6.45, 7) is 0.555. The van der Waals surface area contributed by atoms with Gasteiger partial charge < -0.3 is 10.5 Å². The number of para-hydroxylation sites is 1. The third kappa shape index (κ3) is 3.37. The number of nitrogens with zero attached hydrogens (tertiary/aromatic N) is 2. The van der Waals surface area contributed by atoms with Crippen molar-refractivity contribution in [1.82, 2.24) is 9.97 Å². The molecule has 1 aromatic heterocycles. The van der Waals surface area contributed by atoms with Crippen molar-refractivity contribution in [3.05, 3.63) is 42.2 Å². The maximum atomic E-state index is 5.86. The van der Waals surface area contributed by atoms with Gasteiger partial charge in [0.15, 0.2) is 0 Å². The van der Waals surface area contributed by atoms with Crippen LogP contribution in [-0.2, 0) is 6.42 Å². The van der Waals surface area contributed by atoms with Crippen LogP contribution in [0.3, 0.4) is 0 Å². The van der Waals surface area contributed by atoms with Crippen LogP contribution in [0.4, 0.5) is 5.69 Å². The number of rotatable bonds is 5. The van der Waals surface area contributed by atoms with E-state index in [-0.39, 0.29) is 0 Å². The molecular formula is C13H15N3OS. The van der Waals surface area contributed by atoms with E-state index in [0.717, 1.165) is 22.7 Å². The van der Waals surface area contributed by atoms with E-state index in [4.69, 9.17) is 10.5 Å². The Morgan fingerprint density at radius 2 is 2.11 bits per heavy atom. The second kappa shape index (κ2) is 6.26. The summed E-state index contributed by atoms with van der Waals surface area (Å²) in [4.78, 5) is 8.15. The Hall–Kier alpha value is -1.75. The molecule has 0 atom stereocenters. The van der Waals surface area contributed by atoms with E-state index in [2.05, 4.69) is 9.97 Å². The smallest absolute Gasteiger partial charge is 0.217 e. The van der Waals surface area contributed by atoms with Gasteiger partial charge in [-0.2, -0.15) is 0 Å². The van der Waals surface area contributed by atoms with E-state index in [0.29, 0.717) is 12.5 Å². The summed E-state index contributed by atoms with van der Waals surface area (Å²) in [6, 6.07) is 9.63. The highest BCUT2D eigenvalue weighted by Gasteiger charge is 2.01. The lowest BCUT2D eigenvalue weighted by Gasteiger charge is -2.07. The predicted molar refractivity (Wildman–Crippen MR) is 73.9 cm³/mol. The summed E-state index contributed by atoms with van der Waals surface area (Å²) in [7, 11) is 0. The van der Waals surface area contributed by atoms with Crippen LogP contribution in [0.2, 0.25) is 0 Å². The normalized spacial score (nSPS) is 10.3. The zero-order valence-electron chi connectivity index (χ0n) is 10.2. The molecule has 0 saturated heterocycles. The second-order valence-electron chi connectivity index (χ2n) is 3.70. The molecule has 2 aromatic rings. The average Bonchev–Trinajstić information content (AvgIpc) is 2.41. The number of ether oxygens (including phenoxy) is 1. The summed E-state index contributed by atoms with van der Waals surface area (Å²) in [5, 5.41) is 0.902. The van der Waals surface area contributed by atoms with Crippen molar-refractivity contribution in [2.75, 3.05) is 18.6 Å². The molecule has 4 nitrogen and oxygen atoms in total. The first-order valence-electron chi connectivity index (χ1n) is 5.62. The van der Waals surface area contributed by atoms with Gasteiger partial charge in [-0.1, -0.05) is 18.2 Å². The lowest BCUT2D eigenvalue weighted by Crippen LogP contribution is -2.05. The van der Waals surface area contributed by atoms with Gasteiger partial charge in [0.2, 0.25) is 5.88 Å². The number of anilines is 1. The van der Waals surface area contributed by atoms with Crippen molar-refractivity contribution in [2.24, 2.45) is 0 Å². The van der Waals surface area contributed by atoms with Gasteiger partial charge in [-0.25, -0.2) is 9.97 Å². The zero-order chi connectivity index (χ0) is 12.8. The first kappa shape index (κ1) is 12.7. The van der Waals surface area contributed by atoms with E-state index >= 15 is 0 Å². The highest BCUT2D eigenvalue weighted by molar-refractivity contribution is 7.98. The minimum Gasteiger partial charge on any atom is -0.477 e. The second-order valence-corrected chi connectivity index (χ2v) is 4.52. The van der Waals surface area contributed by atoms with Crippen molar-refractivity contribution in [3.8, 4) is 5.88 Å². The Balaban J connectivity index is 1.90. The molecule has 0 spiro atoms. The van der Waals surface area contributed by atoms with Crippen LogP contribution in [0.5, 0.6) is 5.88 Å². The Bertz CT molecular complexity index is 519. The van der Waals surface area contributed by atoms with Crippen LogP contribution in [0, 0.1) is 0 Å². The fraction of sp³-hybridized carbons (Fsp3) is 0.231. The van der Waals surface area contributed by atoms with Crippen LogP contribution in [-0.4, -0.2) is 22.8 Å². The van der Waals surface area contributed by atoms with Crippen molar-refractivity contribution in [2.45, 2.75) is 11.4 Å². The number of hydrogen-bond acceptors (Lipinski definition) is 5. The minimum absolute atomic E-state index is 0.555. The van der Waals surface area contributed by atoms with Gasteiger partial charge in [-0.15, -0.1) is 11.8 Å². The maximum absolute atomic E-state index is 5.86. The van der Waals surface area contributed by atoms with Gasteiger partial charge >= 0.3 is 0 Å². The summed E-state index contributed by atoms with van der Waals surface area (Å²) in [5.41, 5.74) is 7.75. The van der Waals surface area contributed by atoms with Gasteiger partial charge in [0.1, 0.15) is 11.4 Å². The fourth-order valence-corrected chi connectivity index (χ4v) is 1.91. The lowest BCUT2D eigenvalue weighted by atomic mass is 10.1. The van der Waals surface area contributed by atoms with Crippen LogP contribution < -0.4 is 10.5 Å². The molecule has 2 N–H and O–H groups in total. The Morgan fingerprint density at radius 3 is 2.89 bits per heavy atom. The SMILES string of the molecule is CSc1cc(OCCc2ccccc2N)ncn1. The van der Waals surface area contributed by atoms with E-state index in [9.17, 15) is 0 Å². The molecule has 0 fully saturated rings. The molecule has 0 bridgehead atoms. The summed E-state index contributed by atoms with van der Waals surface area (Å²) >= 11 is 1.56. The van der Waals surface area contributed by atoms with Crippen LogP contribution in [0.25, 0.3) is 0 Å². The number of benzene rings is 1. The first-order valence-corrected chi connectivity index (χ1v) is 6.84. The van der Waals surface area contributed by atoms with Gasteiger partial charge in [0, 0.05) is 18.2 Å². The number of hydrogen-bond donors (Lipinski definition) is 1. The largest absolute Gasteiger partial charge is 0.477 e. The Kier molecular flexibility index (Phi) is 4.41.